The molecule has 0 radical (unpaired) electrons. The van der Waals surface area contributed by atoms with E-state index in [0.29, 0.717) is 19.0 Å². The minimum absolute atomic E-state index is 0.193. The Kier molecular flexibility index (Phi) is 7.46. The summed E-state index contributed by atoms with van der Waals surface area (Å²) in [6.07, 6.45) is 6.69. The predicted octanol–water partition coefficient (Wildman–Crippen LogP) is 1.85. The molecule has 3 rings (SSSR count). The number of hydrogen-bond donors (Lipinski definition) is 0. The number of carbonyl (C=O) groups is 1. The number of methoxy groups -OCH3 is 2. The van der Waals surface area contributed by atoms with E-state index in [1.165, 1.54) is 11.9 Å². The van der Waals surface area contributed by atoms with E-state index in [2.05, 4.69) is 28.1 Å². The fourth-order valence-corrected chi connectivity index (χ4v) is 3.78. The van der Waals surface area contributed by atoms with E-state index in [1.807, 2.05) is 17.0 Å². The van der Waals surface area contributed by atoms with Gasteiger partial charge in [0.15, 0.2) is 11.5 Å². The van der Waals surface area contributed by atoms with E-state index in [9.17, 15) is 4.79 Å². The molecule has 1 aromatic heterocycles. The van der Waals surface area contributed by atoms with Crippen LogP contribution in [0.15, 0.2) is 30.9 Å². The minimum atomic E-state index is 0.193. The highest BCUT2D eigenvalue weighted by molar-refractivity contribution is 5.76. The molecule has 1 aliphatic rings. The summed E-state index contributed by atoms with van der Waals surface area (Å²) >= 11 is 0. The molecule has 2 heterocycles. The number of piperidine rings is 1. The molecule has 0 saturated carbocycles. The quantitative estimate of drug-likeness (QED) is 0.639. The number of benzene rings is 1. The zero-order valence-electron chi connectivity index (χ0n) is 17.6. The van der Waals surface area contributed by atoms with Crippen LogP contribution in [0.5, 0.6) is 11.5 Å². The van der Waals surface area contributed by atoms with Crippen molar-refractivity contribution in [2.75, 3.05) is 40.9 Å². The van der Waals surface area contributed by atoms with Crippen LogP contribution in [-0.4, -0.2) is 77.4 Å². The molecule has 29 heavy (non-hydrogen) atoms. The lowest BCUT2D eigenvalue weighted by Gasteiger charge is -2.37. The van der Waals surface area contributed by atoms with Gasteiger partial charge in [-0.3, -0.25) is 9.48 Å². The van der Waals surface area contributed by atoms with Gasteiger partial charge in [-0.1, -0.05) is 6.07 Å². The van der Waals surface area contributed by atoms with Gasteiger partial charge in [0.2, 0.25) is 5.91 Å². The number of rotatable bonds is 9. The van der Waals surface area contributed by atoms with Gasteiger partial charge in [0.1, 0.15) is 12.7 Å². The summed E-state index contributed by atoms with van der Waals surface area (Å²) in [6.45, 7) is 3.14. The number of aromatic nitrogens is 3. The molecule has 1 fully saturated rings. The second kappa shape index (κ2) is 10.2. The number of likely N-dealkylation sites (tertiary alicyclic amines) is 1. The van der Waals surface area contributed by atoms with Crippen LogP contribution in [0.4, 0.5) is 0 Å². The molecule has 8 heteroatoms. The molecule has 0 N–H and O–H groups in total. The smallest absolute Gasteiger partial charge is 0.224 e. The van der Waals surface area contributed by atoms with E-state index < -0.39 is 0 Å². The molecule has 1 aromatic carbocycles. The first-order chi connectivity index (χ1) is 14.1. The number of ether oxygens (including phenoxy) is 2. The van der Waals surface area contributed by atoms with Gasteiger partial charge in [0.05, 0.1) is 20.8 Å². The third kappa shape index (κ3) is 5.69. The van der Waals surface area contributed by atoms with Crippen LogP contribution in [0.2, 0.25) is 0 Å². The minimum Gasteiger partial charge on any atom is -0.493 e. The lowest BCUT2D eigenvalue weighted by atomic mass is 10.0. The van der Waals surface area contributed by atoms with E-state index >= 15 is 0 Å². The van der Waals surface area contributed by atoms with E-state index in [4.69, 9.17) is 9.47 Å². The van der Waals surface area contributed by atoms with Gasteiger partial charge >= 0.3 is 0 Å². The Morgan fingerprint density at radius 2 is 2.10 bits per heavy atom. The van der Waals surface area contributed by atoms with E-state index in [-0.39, 0.29) is 5.91 Å². The highest BCUT2D eigenvalue weighted by Crippen LogP contribution is 2.28. The Labute approximate surface area is 172 Å². The van der Waals surface area contributed by atoms with Gasteiger partial charge in [0.25, 0.3) is 0 Å². The number of amides is 1. The zero-order chi connectivity index (χ0) is 20.6. The molecule has 0 bridgehead atoms. The third-order valence-corrected chi connectivity index (χ3v) is 5.60. The second-order valence-corrected chi connectivity index (χ2v) is 7.46. The van der Waals surface area contributed by atoms with Crippen molar-refractivity contribution in [3.05, 3.63) is 36.4 Å². The van der Waals surface area contributed by atoms with Crippen LogP contribution in [0.25, 0.3) is 0 Å². The Balaban J connectivity index is 1.49. The van der Waals surface area contributed by atoms with E-state index in [1.54, 1.807) is 25.2 Å². The molecule has 1 amide bonds. The van der Waals surface area contributed by atoms with Gasteiger partial charge in [-0.05, 0) is 44.0 Å². The van der Waals surface area contributed by atoms with Crippen molar-refractivity contribution in [3.63, 3.8) is 0 Å². The molecule has 8 nitrogen and oxygen atoms in total. The average Bonchev–Trinajstić information content (AvgIpc) is 3.29. The van der Waals surface area contributed by atoms with Crippen molar-refractivity contribution in [2.24, 2.45) is 0 Å². The summed E-state index contributed by atoms with van der Waals surface area (Å²) < 4.78 is 12.4. The standard InChI is InChI=1S/C21H31N5O3/c1-24(11-8-17-6-7-19(28-2)20(13-17)29-3)18-5-4-10-25(14-18)21(27)9-12-26-16-22-15-23-26/h6-7,13,15-16,18H,4-5,8-12,14H2,1-3H3/t18-/m1/s1. The number of hydrogen-bond acceptors (Lipinski definition) is 6. The number of aryl methyl sites for hydroxylation is 1. The van der Waals surface area contributed by atoms with Crippen LogP contribution in [0.1, 0.15) is 24.8 Å². The molecule has 1 aliphatic heterocycles. The van der Waals surface area contributed by atoms with Crippen LogP contribution in [0, 0.1) is 0 Å². The van der Waals surface area contributed by atoms with Crippen molar-refractivity contribution in [1.29, 1.82) is 0 Å². The van der Waals surface area contributed by atoms with Crippen LogP contribution in [-0.2, 0) is 17.8 Å². The lowest BCUT2D eigenvalue weighted by Crippen LogP contribution is -2.49. The Morgan fingerprint density at radius 1 is 1.28 bits per heavy atom. The highest BCUT2D eigenvalue weighted by atomic mass is 16.5. The topological polar surface area (TPSA) is 72.7 Å². The normalized spacial score (nSPS) is 16.8. The highest BCUT2D eigenvalue weighted by Gasteiger charge is 2.26. The molecule has 158 valence electrons. The van der Waals surface area contributed by atoms with Crippen LogP contribution >= 0.6 is 0 Å². The van der Waals surface area contributed by atoms with Crippen molar-refractivity contribution < 1.29 is 14.3 Å². The molecule has 0 aliphatic carbocycles. The summed E-state index contributed by atoms with van der Waals surface area (Å²) in [5, 5.41) is 4.06. The fourth-order valence-electron chi connectivity index (χ4n) is 3.78. The summed E-state index contributed by atoms with van der Waals surface area (Å²) in [4.78, 5) is 20.9. The van der Waals surface area contributed by atoms with Crippen LogP contribution in [0.3, 0.4) is 0 Å². The Morgan fingerprint density at radius 3 is 2.83 bits per heavy atom. The summed E-state index contributed by atoms with van der Waals surface area (Å²) in [7, 11) is 5.45. The van der Waals surface area contributed by atoms with Gasteiger partial charge < -0.3 is 19.3 Å². The number of nitrogens with zero attached hydrogens (tertiary/aromatic N) is 5. The fraction of sp³-hybridized carbons (Fsp3) is 0.571. The lowest BCUT2D eigenvalue weighted by molar-refractivity contribution is -0.133. The Bertz CT molecular complexity index is 781. The zero-order valence-corrected chi connectivity index (χ0v) is 17.6. The van der Waals surface area contributed by atoms with Crippen molar-refractivity contribution >= 4 is 5.91 Å². The summed E-state index contributed by atoms with van der Waals surface area (Å²) in [5.74, 6) is 1.70. The summed E-state index contributed by atoms with van der Waals surface area (Å²) in [5.41, 5.74) is 1.21. The van der Waals surface area contributed by atoms with Gasteiger partial charge in [-0.2, -0.15) is 5.10 Å². The first-order valence-electron chi connectivity index (χ1n) is 10.1. The second-order valence-electron chi connectivity index (χ2n) is 7.46. The molecule has 0 unspecified atom stereocenters. The van der Waals surface area contributed by atoms with E-state index in [0.717, 1.165) is 50.4 Å². The Hall–Kier alpha value is -2.61. The van der Waals surface area contributed by atoms with Gasteiger partial charge in [-0.25, -0.2) is 4.98 Å². The van der Waals surface area contributed by atoms with Gasteiger partial charge in [-0.15, -0.1) is 0 Å². The average molecular weight is 402 g/mol. The summed E-state index contributed by atoms with van der Waals surface area (Å²) in [6, 6.07) is 6.45. The molecular formula is C21H31N5O3. The molecule has 1 saturated heterocycles. The monoisotopic (exact) mass is 401 g/mol. The van der Waals surface area contributed by atoms with Crippen molar-refractivity contribution in [1.82, 2.24) is 24.6 Å². The molecule has 0 spiro atoms. The third-order valence-electron chi connectivity index (χ3n) is 5.60. The molecular weight excluding hydrogens is 370 g/mol. The number of carbonyl (C=O) groups excluding carboxylic acids is 1. The van der Waals surface area contributed by atoms with Gasteiger partial charge in [0, 0.05) is 32.1 Å². The van der Waals surface area contributed by atoms with Crippen molar-refractivity contribution in [2.45, 2.75) is 38.3 Å². The maximum Gasteiger partial charge on any atom is 0.224 e. The van der Waals surface area contributed by atoms with Crippen LogP contribution < -0.4 is 9.47 Å². The largest absolute Gasteiger partial charge is 0.493 e. The maximum atomic E-state index is 12.6. The maximum absolute atomic E-state index is 12.6. The number of likely N-dealkylation sites (N-methyl/N-ethyl adjacent to an activating group) is 1. The van der Waals surface area contributed by atoms with Crippen molar-refractivity contribution in [3.8, 4) is 11.5 Å². The first-order valence-corrected chi connectivity index (χ1v) is 10.1. The predicted molar refractivity (Wildman–Crippen MR) is 110 cm³/mol. The first kappa shape index (κ1) is 21.1. The SMILES string of the molecule is COc1ccc(CCN(C)[C@@H]2CCCN(C(=O)CCn3cncn3)C2)cc1OC. The molecule has 2 aromatic rings. The molecule has 1 atom stereocenters.